The van der Waals surface area contributed by atoms with E-state index in [-0.39, 0.29) is 24.0 Å². The Morgan fingerprint density at radius 3 is 2.74 bits per heavy atom. The van der Waals surface area contributed by atoms with Gasteiger partial charge in [0.25, 0.3) is 0 Å². The van der Waals surface area contributed by atoms with Crippen molar-refractivity contribution in [2.45, 2.75) is 38.1 Å². The van der Waals surface area contributed by atoms with Gasteiger partial charge in [0.05, 0.1) is 17.9 Å². The van der Waals surface area contributed by atoms with E-state index in [2.05, 4.69) is 6.58 Å². The lowest BCUT2D eigenvalue weighted by molar-refractivity contribution is -0.138. The van der Waals surface area contributed by atoms with Crippen LogP contribution in [0, 0.1) is 0 Å². The van der Waals surface area contributed by atoms with Crippen molar-refractivity contribution in [1.82, 2.24) is 4.90 Å². The number of hydrogen-bond donors (Lipinski definition) is 1. The van der Waals surface area contributed by atoms with Crippen LogP contribution in [-0.4, -0.2) is 55.0 Å². The van der Waals surface area contributed by atoms with Crippen LogP contribution in [0.15, 0.2) is 12.7 Å². The van der Waals surface area contributed by atoms with Gasteiger partial charge in [0, 0.05) is 12.6 Å². The number of aliphatic carboxylic acids is 1. The molecule has 19 heavy (non-hydrogen) atoms. The Morgan fingerprint density at radius 2 is 2.11 bits per heavy atom. The van der Waals surface area contributed by atoms with Gasteiger partial charge in [-0.1, -0.05) is 12.5 Å². The molecule has 1 aliphatic rings. The van der Waals surface area contributed by atoms with Gasteiger partial charge in [0.1, 0.15) is 0 Å². The highest BCUT2D eigenvalue weighted by atomic mass is 32.2. The van der Waals surface area contributed by atoms with Crippen molar-refractivity contribution < 1.29 is 18.3 Å². The van der Waals surface area contributed by atoms with Crippen molar-refractivity contribution in [1.29, 1.82) is 0 Å². The number of nitrogens with zero attached hydrogens (tertiary/aromatic N) is 1. The normalized spacial score (nSPS) is 23.1. The summed E-state index contributed by atoms with van der Waals surface area (Å²) in [6, 6.07) is -0.365. The first-order valence-electron chi connectivity index (χ1n) is 6.72. The molecular formula is C13H23NO4S. The minimum absolute atomic E-state index is 0.0219. The lowest BCUT2D eigenvalue weighted by atomic mass is 10.1. The van der Waals surface area contributed by atoms with E-state index in [1.807, 2.05) is 11.0 Å². The summed E-state index contributed by atoms with van der Waals surface area (Å²) in [6.07, 6.45) is 5.91. The molecule has 6 heteroatoms. The molecule has 1 N–H and O–H groups in total. The number of carbonyl (C=O) groups is 1. The van der Waals surface area contributed by atoms with E-state index in [9.17, 15) is 13.2 Å². The SMILES string of the molecule is C=CCCCCCN1CCS(=O)(=O)CC1CC(=O)O. The minimum Gasteiger partial charge on any atom is -0.481 e. The molecule has 1 unspecified atom stereocenters. The van der Waals surface area contributed by atoms with Crippen LogP contribution in [0.1, 0.15) is 32.1 Å². The summed E-state index contributed by atoms with van der Waals surface area (Å²) in [5, 5.41) is 8.86. The molecule has 1 heterocycles. The summed E-state index contributed by atoms with van der Waals surface area (Å²) in [5.74, 6) is -0.805. The van der Waals surface area contributed by atoms with Crippen molar-refractivity contribution in [2.75, 3.05) is 24.6 Å². The molecule has 1 atom stereocenters. The standard InChI is InChI=1S/C13H23NO4S/c1-2-3-4-5-6-7-14-8-9-19(17,18)11-12(14)10-13(15)16/h2,12H,1,3-11H2,(H,15,16). The van der Waals surface area contributed by atoms with E-state index < -0.39 is 15.8 Å². The molecule has 0 saturated carbocycles. The molecule has 0 aromatic carbocycles. The smallest absolute Gasteiger partial charge is 0.304 e. The Hall–Kier alpha value is -0.880. The quantitative estimate of drug-likeness (QED) is 0.538. The maximum absolute atomic E-state index is 11.6. The lowest BCUT2D eigenvalue weighted by Gasteiger charge is -2.34. The Kier molecular flexibility index (Phi) is 6.51. The molecule has 1 aliphatic heterocycles. The van der Waals surface area contributed by atoms with Gasteiger partial charge < -0.3 is 5.11 Å². The maximum Gasteiger partial charge on any atom is 0.304 e. The van der Waals surface area contributed by atoms with Crippen molar-refractivity contribution in [2.24, 2.45) is 0 Å². The van der Waals surface area contributed by atoms with E-state index in [0.29, 0.717) is 6.54 Å². The van der Waals surface area contributed by atoms with Gasteiger partial charge >= 0.3 is 5.97 Å². The van der Waals surface area contributed by atoms with Crippen molar-refractivity contribution in [3.8, 4) is 0 Å². The second-order valence-corrected chi connectivity index (χ2v) is 7.27. The summed E-state index contributed by atoms with van der Waals surface area (Å²) in [4.78, 5) is 12.8. The zero-order valence-electron chi connectivity index (χ0n) is 11.3. The number of allylic oxidation sites excluding steroid dienone is 1. The van der Waals surface area contributed by atoms with Crippen LogP contribution in [0.3, 0.4) is 0 Å². The summed E-state index contributed by atoms with van der Waals surface area (Å²) >= 11 is 0. The molecule has 1 saturated heterocycles. The van der Waals surface area contributed by atoms with Crippen LogP contribution in [0.25, 0.3) is 0 Å². The van der Waals surface area contributed by atoms with E-state index >= 15 is 0 Å². The van der Waals surface area contributed by atoms with Gasteiger partial charge in [0.15, 0.2) is 9.84 Å². The first-order valence-corrected chi connectivity index (χ1v) is 8.54. The Balaban J connectivity index is 2.44. The van der Waals surface area contributed by atoms with E-state index in [0.717, 1.165) is 32.2 Å². The summed E-state index contributed by atoms with van der Waals surface area (Å²) in [5.41, 5.74) is 0. The lowest BCUT2D eigenvalue weighted by Crippen LogP contribution is -2.49. The highest BCUT2D eigenvalue weighted by Crippen LogP contribution is 2.16. The predicted octanol–water partition coefficient (Wildman–Crippen LogP) is 1.31. The van der Waals surface area contributed by atoms with Crippen LogP contribution in [0.4, 0.5) is 0 Å². The van der Waals surface area contributed by atoms with Crippen LogP contribution >= 0.6 is 0 Å². The first kappa shape index (κ1) is 16.2. The van der Waals surface area contributed by atoms with Gasteiger partial charge in [-0.05, 0) is 25.8 Å². The maximum atomic E-state index is 11.6. The molecule has 110 valence electrons. The molecule has 0 amide bonds. The zero-order chi connectivity index (χ0) is 14.3. The highest BCUT2D eigenvalue weighted by Gasteiger charge is 2.32. The fourth-order valence-corrected chi connectivity index (χ4v) is 3.98. The highest BCUT2D eigenvalue weighted by molar-refractivity contribution is 7.91. The molecular weight excluding hydrogens is 266 g/mol. The third-order valence-corrected chi connectivity index (χ3v) is 5.11. The minimum atomic E-state index is -3.07. The summed E-state index contributed by atoms with van der Waals surface area (Å²) in [7, 11) is -3.07. The van der Waals surface area contributed by atoms with Crippen molar-refractivity contribution in [3.63, 3.8) is 0 Å². The molecule has 0 aromatic heterocycles. The molecule has 0 radical (unpaired) electrons. The monoisotopic (exact) mass is 289 g/mol. The largest absolute Gasteiger partial charge is 0.481 e. The fourth-order valence-electron chi connectivity index (χ4n) is 2.39. The Morgan fingerprint density at radius 1 is 1.37 bits per heavy atom. The van der Waals surface area contributed by atoms with Gasteiger partial charge in [-0.2, -0.15) is 0 Å². The number of sulfone groups is 1. The molecule has 0 aromatic rings. The molecule has 1 rings (SSSR count). The van der Waals surface area contributed by atoms with E-state index in [4.69, 9.17) is 5.11 Å². The number of carboxylic acid groups (broad SMARTS) is 1. The van der Waals surface area contributed by atoms with E-state index in [1.165, 1.54) is 0 Å². The van der Waals surface area contributed by atoms with Gasteiger partial charge in [0.2, 0.25) is 0 Å². The van der Waals surface area contributed by atoms with Gasteiger partial charge in [-0.3, -0.25) is 9.69 Å². The molecule has 0 bridgehead atoms. The second kappa shape index (κ2) is 7.65. The summed E-state index contributed by atoms with van der Waals surface area (Å²) in [6.45, 7) is 4.91. The van der Waals surface area contributed by atoms with Gasteiger partial charge in [-0.25, -0.2) is 8.42 Å². The molecule has 0 aliphatic carbocycles. The van der Waals surface area contributed by atoms with Crippen LogP contribution in [-0.2, 0) is 14.6 Å². The summed E-state index contributed by atoms with van der Waals surface area (Å²) < 4.78 is 23.1. The average molecular weight is 289 g/mol. The van der Waals surface area contributed by atoms with Crippen molar-refractivity contribution in [3.05, 3.63) is 12.7 Å². The molecule has 1 fully saturated rings. The molecule has 5 nitrogen and oxygen atoms in total. The third-order valence-electron chi connectivity index (χ3n) is 3.42. The first-order chi connectivity index (χ1) is 8.94. The number of rotatable bonds is 8. The van der Waals surface area contributed by atoms with Crippen LogP contribution in [0.5, 0.6) is 0 Å². The third kappa shape index (κ3) is 6.20. The van der Waals surface area contributed by atoms with Crippen LogP contribution in [0.2, 0.25) is 0 Å². The Bertz CT molecular complexity index is 405. The predicted molar refractivity (Wildman–Crippen MR) is 74.9 cm³/mol. The Labute approximate surface area is 115 Å². The molecule has 0 spiro atoms. The van der Waals surface area contributed by atoms with E-state index in [1.54, 1.807) is 0 Å². The van der Waals surface area contributed by atoms with Gasteiger partial charge in [-0.15, -0.1) is 6.58 Å². The fraction of sp³-hybridized carbons (Fsp3) is 0.769. The topological polar surface area (TPSA) is 74.7 Å². The number of unbranched alkanes of at least 4 members (excludes halogenated alkanes) is 3. The average Bonchev–Trinajstić information content (AvgIpc) is 2.30. The number of hydrogen-bond acceptors (Lipinski definition) is 4. The number of carboxylic acids is 1. The van der Waals surface area contributed by atoms with Crippen molar-refractivity contribution >= 4 is 15.8 Å². The zero-order valence-corrected chi connectivity index (χ0v) is 12.1. The second-order valence-electron chi connectivity index (χ2n) is 5.04. The van der Waals surface area contributed by atoms with Crippen LogP contribution < -0.4 is 0 Å².